The van der Waals surface area contributed by atoms with Gasteiger partial charge in [0.15, 0.2) is 22.4 Å². The van der Waals surface area contributed by atoms with Crippen molar-refractivity contribution < 1.29 is 13.6 Å². The summed E-state index contributed by atoms with van der Waals surface area (Å²) in [7, 11) is -3.18. The fraction of sp³-hybridized carbons (Fsp3) is 0.857. The number of hydrogen-bond acceptors (Lipinski definition) is 3. The van der Waals surface area contributed by atoms with Crippen molar-refractivity contribution in [2.75, 3.05) is 0 Å². The molecule has 0 aromatic carbocycles. The second-order valence-electron chi connectivity index (χ2n) is 10.9. The fourth-order valence-electron chi connectivity index (χ4n) is 5.70. The smallest absolute Gasteiger partial charge is 0.184 e. The maximum Gasteiger partial charge on any atom is 0.184 e. The Morgan fingerprint density at radius 1 is 0.923 bits per heavy atom. The average molecular weight is 395 g/mol. The summed E-state index contributed by atoms with van der Waals surface area (Å²) in [5.41, 5.74) is 1.51. The summed E-state index contributed by atoms with van der Waals surface area (Å²) in [6, 6.07) is 0. The molecule has 5 heteroatoms. The Morgan fingerprint density at radius 2 is 1.50 bits per heavy atom. The number of hydrogen-bond donors (Lipinski definition) is 0. The zero-order valence-corrected chi connectivity index (χ0v) is 19.9. The van der Waals surface area contributed by atoms with Gasteiger partial charge in [-0.15, -0.1) is 0 Å². The van der Waals surface area contributed by atoms with Crippen molar-refractivity contribution in [1.82, 2.24) is 0 Å². The summed E-state index contributed by atoms with van der Waals surface area (Å²) >= 11 is 0. The lowest BCUT2D eigenvalue weighted by Crippen LogP contribution is -2.57. The van der Waals surface area contributed by atoms with Gasteiger partial charge in [0, 0.05) is 18.6 Å². The van der Waals surface area contributed by atoms with E-state index >= 15 is 0 Å². The van der Waals surface area contributed by atoms with E-state index in [4.69, 9.17) is 8.85 Å². The Morgan fingerprint density at radius 3 is 2.12 bits per heavy atom. The van der Waals surface area contributed by atoms with Gasteiger partial charge in [0.2, 0.25) is 0 Å². The third-order valence-corrected chi connectivity index (χ3v) is 8.55. The van der Waals surface area contributed by atoms with Crippen LogP contribution in [0.25, 0.3) is 0 Å². The maximum absolute atomic E-state index is 12.1. The third-order valence-electron chi connectivity index (χ3n) is 6.53. The third kappa shape index (κ3) is 4.26. The Hall–Kier alpha value is -0.236. The molecule has 0 heterocycles. The van der Waals surface area contributed by atoms with Gasteiger partial charge < -0.3 is 8.85 Å². The van der Waals surface area contributed by atoms with Crippen LogP contribution in [0.15, 0.2) is 11.6 Å². The molecular weight excluding hydrogens is 356 g/mol. The minimum Gasteiger partial charge on any atom is -0.414 e. The molecule has 2 saturated carbocycles. The predicted molar refractivity (Wildman–Crippen MR) is 112 cm³/mol. The molecule has 148 valence electrons. The molecule has 3 nitrogen and oxygen atoms in total. The molecule has 5 atom stereocenters. The van der Waals surface area contributed by atoms with Gasteiger partial charge in [-0.25, -0.2) is 0 Å². The number of rotatable bonds is 4. The standard InChI is InChI=1S/C21H38O3Si2/c1-21-13-12-16(22)14-15(21)8-9-17-18(23-25(2,3)4)10-11-19(20(17)21)24-26(5,6)7/h14,17-20H,8-13H2,1-7H3. The number of fused-ring (bicyclic) bond motifs is 3. The van der Waals surface area contributed by atoms with E-state index in [-0.39, 0.29) is 5.41 Å². The van der Waals surface area contributed by atoms with Gasteiger partial charge >= 0.3 is 0 Å². The highest BCUT2D eigenvalue weighted by atomic mass is 28.4. The molecule has 3 aliphatic rings. The number of ketones is 1. The maximum atomic E-state index is 12.1. The highest BCUT2D eigenvalue weighted by Gasteiger charge is 2.55. The Kier molecular flexibility index (Phi) is 5.50. The number of allylic oxidation sites excluding steroid dienone is 2. The van der Waals surface area contributed by atoms with Crippen LogP contribution >= 0.6 is 0 Å². The monoisotopic (exact) mass is 394 g/mol. The summed E-state index contributed by atoms with van der Waals surface area (Å²) in [5, 5.41) is 0. The molecule has 5 unspecified atom stereocenters. The topological polar surface area (TPSA) is 35.5 Å². The fourth-order valence-corrected chi connectivity index (χ4v) is 8.07. The highest BCUT2D eigenvalue weighted by molar-refractivity contribution is 6.70. The molecule has 0 aliphatic heterocycles. The van der Waals surface area contributed by atoms with E-state index in [1.54, 1.807) is 0 Å². The molecule has 2 fully saturated rings. The Bertz CT molecular complexity index is 587. The van der Waals surface area contributed by atoms with Gasteiger partial charge in [0.25, 0.3) is 0 Å². The van der Waals surface area contributed by atoms with Crippen LogP contribution in [0.5, 0.6) is 0 Å². The molecule has 0 saturated heterocycles. The molecule has 0 spiro atoms. The second-order valence-corrected chi connectivity index (χ2v) is 19.8. The Balaban J connectivity index is 1.95. The quantitative estimate of drug-likeness (QED) is 0.587. The van der Waals surface area contributed by atoms with E-state index in [0.29, 0.717) is 36.2 Å². The van der Waals surface area contributed by atoms with Crippen LogP contribution in [0, 0.1) is 17.3 Å². The molecule has 0 amide bonds. The van der Waals surface area contributed by atoms with Crippen molar-refractivity contribution in [3.8, 4) is 0 Å². The van der Waals surface area contributed by atoms with Gasteiger partial charge in [0.05, 0.1) is 0 Å². The molecular formula is C21H38O3Si2. The molecule has 26 heavy (non-hydrogen) atoms. The largest absolute Gasteiger partial charge is 0.414 e. The van der Waals surface area contributed by atoms with Gasteiger partial charge in [-0.1, -0.05) is 12.5 Å². The molecule has 3 rings (SSSR count). The summed E-state index contributed by atoms with van der Waals surface area (Å²) in [6.07, 6.45) is 8.83. The van der Waals surface area contributed by atoms with Gasteiger partial charge in [0.1, 0.15) is 0 Å². The second kappa shape index (κ2) is 6.98. The SMILES string of the molecule is CC12CCC(=O)C=C1CCC1C(O[Si](C)(C)C)CCC(O[Si](C)(C)C)C12. The minimum atomic E-state index is -1.61. The van der Waals surface area contributed by atoms with Crippen molar-refractivity contribution in [2.45, 2.75) is 96.9 Å². The van der Waals surface area contributed by atoms with E-state index in [2.05, 4.69) is 46.2 Å². The first-order valence-corrected chi connectivity index (χ1v) is 17.3. The van der Waals surface area contributed by atoms with Crippen LogP contribution in [0.3, 0.4) is 0 Å². The van der Waals surface area contributed by atoms with Crippen LogP contribution in [-0.2, 0) is 13.6 Å². The molecule has 3 aliphatic carbocycles. The first-order chi connectivity index (χ1) is 11.9. The minimum absolute atomic E-state index is 0.114. The van der Waals surface area contributed by atoms with E-state index in [9.17, 15) is 4.79 Å². The van der Waals surface area contributed by atoms with Crippen molar-refractivity contribution in [3.05, 3.63) is 11.6 Å². The lowest BCUT2D eigenvalue weighted by Gasteiger charge is -2.57. The van der Waals surface area contributed by atoms with Crippen LogP contribution in [-0.4, -0.2) is 34.6 Å². The van der Waals surface area contributed by atoms with E-state index in [1.807, 2.05) is 6.08 Å². The first-order valence-electron chi connectivity index (χ1n) is 10.5. The van der Waals surface area contributed by atoms with Crippen LogP contribution in [0.4, 0.5) is 0 Å². The van der Waals surface area contributed by atoms with Crippen molar-refractivity contribution in [3.63, 3.8) is 0 Å². The zero-order valence-electron chi connectivity index (χ0n) is 17.9. The van der Waals surface area contributed by atoms with E-state index < -0.39 is 16.6 Å². The lowest BCUT2D eigenvalue weighted by molar-refractivity contribution is -0.120. The number of carbonyl (C=O) groups is 1. The molecule has 0 aromatic heterocycles. The van der Waals surface area contributed by atoms with Crippen LogP contribution < -0.4 is 0 Å². The molecule has 0 aromatic rings. The van der Waals surface area contributed by atoms with Crippen LogP contribution in [0.1, 0.15) is 45.4 Å². The molecule has 0 bridgehead atoms. The van der Waals surface area contributed by atoms with Gasteiger partial charge in [-0.2, -0.15) is 0 Å². The van der Waals surface area contributed by atoms with Crippen molar-refractivity contribution in [1.29, 1.82) is 0 Å². The van der Waals surface area contributed by atoms with Gasteiger partial charge in [-0.05, 0) is 94.7 Å². The predicted octanol–water partition coefficient (Wildman–Crippen LogP) is 5.54. The van der Waals surface area contributed by atoms with E-state index in [0.717, 1.165) is 32.1 Å². The molecule has 0 radical (unpaired) electrons. The van der Waals surface area contributed by atoms with E-state index in [1.165, 1.54) is 5.57 Å². The van der Waals surface area contributed by atoms with Crippen LogP contribution in [0.2, 0.25) is 39.3 Å². The summed E-state index contributed by atoms with van der Waals surface area (Å²) < 4.78 is 13.4. The van der Waals surface area contributed by atoms with Crippen molar-refractivity contribution in [2.24, 2.45) is 17.3 Å². The highest BCUT2D eigenvalue weighted by Crippen LogP contribution is 2.58. The normalized spacial score (nSPS) is 38.4. The number of carbonyl (C=O) groups excluding carboxylic acids is 1. The summed E-state index contributed by atoms with van der Waals surface area (Å²) in [5.74, 6) is 1.40. The summed E-state index contributed by atoms with van der Waals surface area (Å²) in [4.78, 5) is 12.1. The van der Waals surface area contributed by atoms with Crippen molar-refractivity contribution >= 4 is 22.4 Å². The average Bonchev–Trinajstić information content (AvgIpc) is 2.47. The zero-order chi connectivity index (χ0) is 19.3. The summed E-state index contributed by atoms with van der Waals surface area (Å²) in [6.45, 7) is 16.3. The van der Waals surface area contributed by atoms with Gasteiger partial charge in [-0.3, -0.25) is 4.79 Å². The first kappa shape index (κ1) is 20.5. The lowest BCUT2D eigenvalue weighted by atomic mass is 9.52. The Labute approximate surface area is 162 Å². The molecule has 0 N–H and O–H groups in total.